The fourth-order valence-electron chi connectivity index (χ4n) is 4.47. The topological polar surface area (TPSA) is 29.5 Å². The van der Waals surface area contributed by atoms with Crippen molar-refractivity contribution in [3.63, 3.8) is 0 Å². The normalized spacial score (nSPS) is 19.5. The van der Waals surface area contributed by atoms with Crippen molar-refractivity contribution in [3.8, 4) is 5.75 Å². The predicted molar refractivity (Wildman–Crippen MR) is 117 cm³/mol. The number of likely N-dealkylation sites (tertiary alicyclic amines) is 1. The van der Waals surface area contributed by atoms with E-state index in [1.165, 1.54) is 11.1 Å². The summed E-state index contributed by atoms with van der Waals surface area (Å²) < 4.78 is 19.5. The van der Waals surface area contributed by atoms with Gasteiger partial charge in [-0.1, -0.05) is 54.6 Å². The van der Waals surface area contributed by atoms with E-state index in [0.717, 1.165) is 18.4 Å². The second-order valence-electron chi connectivity index (χ2n) is 7.80. The minimum atomic E-state index is -0.321. The Morgan fingerprint density at radius 3 is 2.33 bits per heavy atom. The van der Waals surface area contributed by atoms with Crippen LogP contribution in [0.3, 0.4) is 0 Å². The number of nitrogens with zero attached hydrogens (tertiary/aromatic N) is 1. The lowest BCUT2D eigenvalue weighted by Gasteiger charge is -2.39. The van der Waals surface area contributed by atoms with E-state index in [1.807, 2.05) is 54.2 Å². The first-order chi connectivity index (χ1) is 14.6. The standard InChI is InChI=1S/C25H22FNO2S/c26-19-11-12-21-22(17-19)25(30-23(21)18-7-3-1-4-8-18)13-15-27(16-14-25)24(28)29-20-9-5-2-6-10-20/h1-12,17,23H,13-16H2. The van der Waals surface area contributed by atoms with Gasteiger partial charge in [0.1, 0.15) is 11.6 Å². The van der Waals surface area contributed by atoms with Crippen molar-refractivity contribution in [2.45, 2.75) is 22.8 Å². The number of amides is 1. The number of thioether (sulfide) groups is 1. The molecule has 1 atom stereocenters. The van der Waals surface area contributed by atoms with E-state index >= 15 is 0 Å². The van der Waals surface area contributed by atoms with Crippen LogP contribution in [0.2, 0.25) is 0 Å². The number of carbonyl (C=O) groups excluding carboxylic acids is 1. The zero-order valence-corrected chi connectivity index (χ0v) is 17.3. The molecule has 0 radical (unpaired) electrons. The Morgan fingerprint density at radius 2 is 1.63 bits per heavy atom. The van der Waals surface area contributed by atoms with Crippen molar-refractivity contribution in [1.82, 2.24) is 4.90 Å². The molecule has 2 aliphatic rings. The van der Waals surface area contributed by atoms with Crippen LogP contribution in [0.1, 0.15) is 34.8 Å². The molecule has 0 saturated carbocycles. The maximum Gasteiger partial charge on any atom is 0.415 e. The first-order valence-corrected chi connectivity index (χ1v) is 11.1. The van der Waals surface area contributed by atoms with E-state index in [9.17, 15) is 9.18 Å². The van der Waals surface area contributed by atoms with Gasteiger partial charge in [0.15, 0.2) is 0 Å². The molecule has 0 bridgehead atoms. The quantitative estimate of drug-likeness (QED) is 0.499. The van der Waals surface area contributed by atoms with Gasteiger partial charge >= 0.3 is 6.09 Å². The smallest absolute Gasteiger partial charge is 0.410 e. The molecule has 1 fully saturated rings. The van der Waals surface area contributed by atoms with Crippen molar-refractivity contribution in [2.24, 2.45) is 0 Å². The van der Waals surface area contributed by atoms with Gasteiger partial charge in [-0.15, -0.1) is 11.8 Å². The molecule has 3 nitrogen and oxygen atoms in total. The lowest BCUT2D eigenvalue weighted by molar-refractivity contribution is 0.135. The second-order valence-corrected chi connectivity index (χ2v) is 9.29. The summed E-state index contributed by atoms with van der Waals surface area (Å²) >= 11 is 1.90. The van der Waals surface area contributed by atoms with Crippen LogP contribution in [-0.4, -0.2) is 24.1 Å². The molecule has 5 rings (SSSR count). The van der Waals surface area contributed by atoms with Gasteiger partial charge in [-0.05, 0) is 53.8 Å². The highest BCUT2D eigenvalue weighted by Crippen LogP contribution is 2.61. The molecule has 0 aromatic heterocycles. The lowest BCUT2D eigenvalue weighted by Crippen LogP contribution is -2.44. The van der Waals surface area contributed by atoms with E-state index in [2.05, 4.69) is 12.1 Å². The Bertz CT molecular complexity index is 1050. The molecule has 0 N–H and O–H groups in total. The molecule has 152 valence electrons. The summed E-state index contributed by atoms with van der Waals surface area (Å²) in [5, 5.41) is 0.185. The van der Waals surface area contributed by atoms with Crippen LogP contribution in [0.4, 0.5) is 9.18 Å². The maximum atomic E-state index is 14.2. The first-order valence-electron chi connectivity index (χ1n) is 10.2. The fourth-order valence-corrected chi connectivity index (χ4v) is 6.27. The van der Waals surface area contributed by atoms with Gasteiger partial charge in [-0.3, -0.25) is 0 Å². The van der Waals surface area contributed by atoms with Gasteiger partial charge < -0.3 is 9.64 Å². The number of hydrogen-bond donors (Lipinski definition) is 0. The maximum absolute atomic E-state index is 14.2. The molecule has 1 amide bonds. The van der Waals surface area contributed by atoms with Gasteiger partial charge in [-0.25, -0.2) is 9.18 Å². The highest BCUT2D eigenvalue weighted by molar-refractivity contribution is 8.01. The van der Waals surface area contributed by atoms with Gasteiger partial charge in [0.25, 0.3) is 0 Å². The summed E-state index contributed by atoms with van der Waals surface area (Å²) in [7, 11) is 0. The summed E-state index contributed by atoms with van der Waals surface area (Å²) in [5.41, 5.74) is 3.50. The van der Waals surface area contributed by atoms with Crippen LogP contribution in [0.5, 0.6) is 5.75 Å². The monoisotopic (exact) mass is 419 g/mol. The predicted octanol–water partition coefficient (Wildman–Crippen LogP) is 6.15. The second kappa shape index (κ2) is 7.80. The fraction of sp³-hybridized carbons (Fsp3) is 0.240. The molecule has 3 aromatic carbocycles. The van der Waals surface area contributed by atoms with E-state index in [4.69, 9.17) is 4.74 Å². The molecule has 2 heterocycles. The van der Waals surface area contributed by atoms with Crippen molar-refractivity contribution < 1.29 is 13.9 Å². The van der Waals surface area contributed by atoms with Crippen molar-refractivity contribution >= 4 is 17.9 Å². The van der Waals surface area contributed by atoms with Crippen molar-refractivity contribution in [2.75, 3.05) is 13.1 Å². The number of carbonyl (C=O) groups is 1. The summed E-state index contributed by atoms with van der Waals surface area (Å²) in [4.78, 5) is 14.4. The van der Waals surface area contributed by atoms with E-state index in [1.54, 1.807) is 29.2 Å². The molecule has 1 spiro atoms. The van der Waals surface area contributed by atoms with Gasteiger partial charge in [0.2, 0.25) is 0 Å². The molecule has 3 aromatic rings. The Labute approximate surface area is 179 Å². The summed E-state index contributed by atoms with van der Waals surface area (Å²) in [5.74, 6) is 0.350. The van der Waals surface area contributed by atoms with Gasteiger partial charge in [0.05, 0.1) is 5.25 Å². The SMILES string of the molecule is O=C(Oc1ccccc1)N1CCC2(CC1)SC(c1ccccc1)c1ccc(F)cc12. The molecule has 1 unspecified atom stereocenters. The number of benzene rings is 3. The van der Waals surface area contributed by atoms with Crippen LogP contribution in [-0.2, 0) is 4.75 Å². The highest BCUT2D eigenvalue weighted by atomic mass is 32.2. The van der Waals surface area contributed by atoms with E-state index < -0.39 is 0 Å². The molecule has 5 heteroatoms. The largest absolute Gasteiger partial charge is 0.415 e. The molecule has 2 aliphatic heterocycles. The number of hydrogen-bond acceptors (Lipinski definition) is 3. The summed E-state index contributed by atoms with van der Waals surface area (Å²) in [6, 6.07) is 24.7. The van der Waals surface area contributed by atoms with Gasteiger partial charge in [0, 0.05) is 17.8 Å². The Kier molecular flexibility index (Phi) is 4.99. The van der Waals surface area contributed by atoms with Gasteiger partial charge in [-0.2, -0.15) is 0 Å². The van der Waals surface area contributed by atoms with Crippen molar-refractivity contribution in [3.05, 3.63) is 101 Å². The molecular formula is C25H22FNO2S. The van der Waals surface area contributed by atoms with Crippen LogP contribution in [0, 0.1) is 5.82 Å². The van der Waals surface area contributed by atoms with Crippen molar-refractivity contribution in [1.29, 1.82) is 0 Å². The number of ether oxygens (including phenoxy) is 1. The molecule has 0 aliphatic carbocycles. The number of fused-ring (bicyclic) bond motifs is 2. The molecular weight excluding hydrogens is 397 g/mol. The summed E-state index contributed by atoms with van der Waals surface area (Å²) in [6.07, 6.45) is 1.24. The first kappa shape index (κ1) is 19.2. The third-order valence-electron chi connectivity index (χ3n) is 6.01. The average Bonchev–Trinajstić information content (AvgIpc) is 3.09. The van der Waals surface area contributed by atoms with Crippen LogP contribution >= 0.6 is 11.8 Å². The van der Waals surface area contributed by atoms with E-state index in [0.29, 0.717) is 18.8 Å². The zero-order chi connectivity index (χ0) is 20.6. The minimum absolute atomic E-state index is 0.179. The molecule has 1 saturated heterocycles. The number of para-hydroxylation sites is 1. The third kappa shape index (κ3) is 3.47. The van der Waals surface area contributed by atoms with Crippen LogP contribution in [0.25, 0.3) is 0 Å². The average molecular weight is 420 g/mol. The van der Waals surface area contributed by atoms with Crippen LogP contribution < -0.4 is 4.74 Å². The third-order valence-corrected chi connectivity index (χ3v) is 7.85. The number of piperidine rings is 1. The zero-order valence-electron chi connectivity index (χ0n) is 16.5. The Balaban J connectivity index is 1.37. The molecule has 30 heavy (non-hydrogen) atoms. The summed E-state index contributed by atoms with van der Waals surface area (Å²) in [6.45, 7) is 1.19. The Hall–Kier alpha value is -2.79. The number of halogens is 1. The Morgan fingerprint density at radius 1 is 0.967 bits per heavy atom. The lowest BCUT2D eigenvalue weighted by atomic mass is 9.84. The number of rotatable bonds is 2. The minimum Gasteiger partial charge on any atom is -0.410 e. The van der Waals surface area contributed by atoms with E-state index in [-0.39, 0.29) is 21.9 Å². The highest BCUT2D eigenvalue weighted by Gasteiger charge is 2.47. The van der Waals surface area contributed by atoms with Crippen LogP contribution in [0.15, 0.2) is 78.9 Å².